The molecule has 1 aromatic carbocycles. The third kappa shape index (κ3) is 6.81. The lowest BCUT2D eigenvalue weighted by Gasteiger charge is -2.63. The Morgan fingerprint density at radius 3 is 2.40 bits per heavy atom. The van der Waals surface area contributed by atoms with Gasteiger partial charge in [-0.05, 0) is 93.9 Å². The molecule has 2 unspecified atom stereocenters. The number of nitrogens with zero attached hydrogens (tertiary/aromatic N) is 1. The third-order valence-electron chi connectivity index (χ3n) is 11.1. The van der Waals surface area contributed by atoms with Crippen molar-refractivity contribution in [1.82, 2.24) is 4.90 Å². The van der Waals surface area contributed by atoms with Gasteiger partial charge in [0.15, 0.2) is 0 Å². The van der Waals surface area contributed by atoms with Crippen LogP contribution in [0.3, 0.4) is 0 Å². The van der Waals surface area contributed by atoms with Gasteiger partial charge < -0.3 is 19.7 Å². The van der Waals surface area contributed by atoms with Crippen LogP contribution in [-0.2, 0) is 16.6 Å². The van der Waals surface area contributed by atoms with Crippen molar-refractivity contribution < 1.29 is 24.5 Å². The molecule has 5 aliphatic rings. The molecule has 2 N–H and O–H groups in total. The fourth-order valence-corrected chi connectivity index (χ4v) is 8.72. The number of aliphatic hydroxyl groups is 1. The number of rotatable bonds is 15. The number of ether oxygens (including phenoxy) is 2. The average molecular weight is 596 g/mol. The highest BCUT2D eigenvalue weighted by Crippen LogP contribution is 2.64. The molecular formula is C37H57NO5. The molecule has 2 saturated carbocycles. The van der Waals surface area contributed by atoms with Crippen LogP contribution in [0.25, 0.3) is 0 Å². The van der Waals surface area contributed by atoms with Gasteiger partial charge in [0, 0.05) is 18.2 Å². The lowest BCUT2D eigenvalue weighted by molar-refractivity contribution is -0.174. The third-order valence-corrected chi connectivity index (χ3v) is 11.1. The first-order chi connectivity index (χ1) is 20.8. The van der Waals surface area contributed by atoms with Crippen LogP contribution in [0.15, 0.2) is 30.4 Å². The molecule has 1 spiro atoms. The van der Waals surface area contributed by atoms with E-state index in [1.165, 1.54) is 87.5 Å². The van der Waals surface area contributed by atoms with E-state index in [2.05, 4.69) is 43.5 Å². The first-order valence-electron chi connectivity index (χ1n) is 17.7. The predicted molar refractivity (Wildman–Crippen MR) is 172 cm³/mol. The van der Waals surface area contributed by atoms with Gasteiger partial charge in [-0.3, -0.25) is 4.90 Å². The van der Waals surface area contributed by atoms with Crippen molar-refractivity contribution in [1.29, 1.82) is 0 Å². The Labute approximate surface area is 260 Å². The van der Waals surface area contributed by atoms with Crippen molar-refractivity contribution in [2.75, 3.05) is 13.1 Å². The van der Waals surface area contributed by atoms with E-state index in [0.717, 1.165) is 69.6 Å². The lowest BCUT2D eigenvalue weighted by Crippen LogP contribution is -2.75. The molecule has 2 heterocycles. The maximum atomic E-state index is 12.1. The van der Waals surface area contributed by atoms with E-state index < -0.39 is 11.8 Å². The molecule has 3 fully saturated rings. The summed E-state index contributed by atoms with van der Waals surface area (Å²) >= 11 is 0. The van der Waals surface area contributed by atoms with Gasteiger partial charge in [0.2, 0.25) is 0 Å². The standard InChI is InChI=1S/C21H25NO2.C16H32O3/c1-13-7-8-21(23)17-11-15-3-2-4-16-18(15)20(21,19(13)24-16)9-10-22(17)12-14-5-6-14;1-3-5-7-9-10-12-14-15(19-16(17)18)13-11-8-6-4-2/h2-4,14,17,19,23H,1,5-12H2;15H,3-14H2,1-2H3,(H,17,18)/t17?,19-,20-,21+;/m0./s1. The van der Waals surface area contributed by atoms with E-state index in [9.17, 15) is 9.90 Å². The molecule has 0 amide bonds. The molecule has 240 valence electrons. The molecule has 0 aromatic heterocycles. The Morgan fingerprint density at radius 2 is 1.72 bits per heavy atom. The van der Waals surface area contributed by atoms with Crippen molar-refractivity contribution >= 4 is 6.16 Å². The van der Waals surface area contributed by atoms with Crippen molar-refractivity contribution in [3.05, 3.63) is 41.5 Å². The number of benzene rings is 1. The topological polar surface area (TPSA) is 79.2 Å². The van der Waals surface area contributed by atoms with Crippen molar-refractivity contribution in [2.24, 2.45) is 5.92 Å². The van der Waals surface area contributed by atoms with Crippen LogP contribution in [0, 0.1) is 5.92 Å². The van der Waals surface area contributed by atoms with Crippen LogP contribution in [0.1, 0.15) is 134 Å². The first kappa shape index (κ1) is 32.3. The second-order valence-corrected chi connectivity index (χ2v) is 14.2. The van der Waals surface area contributed by atoms with Crippen LogP contribution in [-0.4, -0.2) is 58.2 Å². The Balaban J connectivity index is 0.000000178. The minimum Gasteiger partial charge on any atom is -0.485 e. The second-order valence-electron chi connectivity index (χ2n) is 14.2. The first-order valence-corrected chi connectivity index (χ1v) is 17.7. The van der Waals surface area contributed by atoms with Crippen LogP contribution >= 0.6 is 0 Å². The maximum Gasteiger partial charge on any atom is 0.506 e. The van der Waals surface area contributed by atoms with E-state index >= 15 is 0 Å². The molecule has 6 nitrogen and oxygen atoms in total. The SMILES string of the molecule is C=C1CC[C@@]2(O)C3Cc4cccc5c4[C@@]2(CCN3CC2CC2)[C@H]1O5.CCCCCCCCC(CCCCCC)OC(=O)O. The molecule has 2 bridgehead atoms. The molecule has 43 heavy (non-hydrogen) atoms. The van der Waals surface area contributed by atoms with Crippen LogP contribution in [0.2, 0.25) is 0 Å². The number of hydrogen-bond acceptors (Lipinski definition) is 5. The van der Waals surface area contributed by atoms with Gasteiger partial charge in [-0.1, -0.05) is 83.9 Å². The summed E-state index contributed by atoms with van der Waals surface area (Å²) in [5, 5.41) is 20.8. The number of likely N-dealkylation sites (tertiary alicyclic amines) is 1. The quantitative estimate of drug-likeness (QED) is 0.120. The highest BCUT2D eigenvalue weighted by atomic mass is 16.7. The molecule has 6 rings (SSSR count). The van der Waals surface area contributed by atoms with Crippen LogP contribution in [0.5, 0.6) is 5.75 Å². The summed E-state index contributed by atoms with van der Waals surface area (Å²) in [6.45, 7) is 11.0. The zero-order valence-corrected chi connectivity index (χ0v) is 27.0. The molecule has 1 saturated heterocycles. The normalized spacial score (nSPS) is 29.2. The fraction of sp³-hybridized carbons (Fsp3) is 0.757. The Hall–Kier alpha value is -2.05. The summed E-state index contributed by atoms with van der Waals surface area (Å²) in [6, 6.07) is 6.72. The predicted octanol–water partition coefficient (Wildman–Crippen LogP) is 8.58. The monoisotopic (exact) mass is 595 g/mol. The van der Waals surface area contributed by atoms with Crippen LogP contribution < -0.4 is 4.74 Å². The summed E-state index contributed by atoms with van der Waals surface area (Å²) in [7, 11) is 0. The average Bonchev–Trinajstić information content (AvgIpc) is 3.73. The lowest BCUT2D eigenvalue weighted by atomic mass is 9.48. The Morgan fingerprint density at radius 1 is 1.05 bits per heavy atom. The summed E-state index contributed by atoms with van der Waals surface area (Å²) < 4.78 is 11.4. The number of carbonyl (C=O) groups is 1. The Bertz CT molecular complexity index is 1100. The molecule has 0 radical (unpaired) electrons. The van der Waals surface area contributed by atoms with Gasteiger partial charge in [0.1, 0.15) is 18.0 Å². The molecule has 5 atom stereocenters. The summed E-state index contributed by atoms with van der Waals surface area (Å²) in [6.07, 6.45) is 19.1. The summed E-state index contributed by atoms with van der Waals surface area (Å²) in [5.41, 5.74) is 2.99. The van der Waals surface area contributed by atoms with E-state index in [1.807, 2.05) is 0 Å². The zero-order valence-electron chi connectivity index (χ0n) is 27.0. The zero-order chi connectivity index (χ0) is 30.5. The number of carboxylic acid groups (broad SMARTS) is 1. The van der Waals surface area contributed by atoms with E-state index in [1.54, 1.807) is 0 Å². The van der Waals surface area contributed by atoms with Gasteiger partial charge >= 0.3 is 6.16 Å². The van der Waals surface area contributed by atoms with Gasteiger partial charge in [-0.15, -0.1) is 0 Å². The van der Waals surface area contributed by atoms with E-state index in [-0.39, 0.29) is 23.7 Å². The molecule has 2 aliphatic heterocycles. The molecular weight excluding hydrogens is 538 g/mol. The number of piperidine rings is 1. The largest absolute Gasteiger partial charge is 0.506 e. The van der Waals surface area contributed by atoms with Gasteiger partial charge in [0.05, 0.1) is 11.0 Å². The molecule has 1 aromatic rings. The van der Waals surface area contributed by atoms with Crippen molar-refractivity contribution in [3.8, 4) is 5.75 Å². The molecule has 6 heteroatoms. The van der Waals surface area contributed by atoms with Gasteiger partial charge in [-0.25, -0.2) is 4.79 Å². The maximum absolute atomic E-state index is 12.1. The number of unbranched alkanes of at least 4 members (excludes halogenated alkanes) is 8. The highest BCUT2D eigenvalue weighted by Gasteiger charge is 2.71. The van der Waals surface area contributed by atoms with E-state index in [4.69, 9.17) is 14.6 Å². The summed E-state index contributed by atoms with van der Waals surface area (Å²) in [5.74, 6) is 1.87. The van der Waals surface area contributed by atoms with E-state index in [0.29, 0.717) is 0 Å². The minimum absolute atomic E-state index is 0.0294. The summed E-state index contributed by atoms with van der Waals surface area (Å²) in [4.78, 5) is 13.3. The molecule has 3 aliphatic carbocycles. The minimum atomic E-state index is -1.12. The Kier molecular flexibility index (Phi) is 10.8. The smallest absolute Gasteiger partial charge is 0.485 e. The highest BCUT2D eigenvalue weighted by molar-refractivity contribution is 5.59. The van der Waals surface area contributed by atoms with Crippen LogP contribution in [0.4, 0.5) is 4.79 Å². The van der Waals surface area contributed by atoms with Gasteiger partial charge in [0.25, 0.3) is 0 Å². The van der Waals surface area contributed by atoms with Crippen molar-refractivity contribution in [3.63, 3.8) is 0 Å². The fourth-order valence-electron chi connectivity index (χ4n) is 8.72. The van der Waals surface area contributed by atoms with Crippen molar-refractivity contribution in [2.45, 2.75) is 159 Å². The number of hydrogen-bond donors (Lipinski definition) is 2. The van der Waals surface area contributed by atoms with Gasteiger partial charge in [-0.2, -0.15) is 0 Å². The second kappa shape index (κ2) is 14.4.